The van der Waals surface area contributed by atoms with E-state index in [4.69, 9.17) is 10.5 Å². The molecule has 0 spiro atoms. The average molecular weight is 291 g/mol. The van der Waals surface area contributed by atoms with E-state index >= 15 is 0 Å². The first-order valence-electron chi connectivity index (χ1n) is 6.87. The van der Waals surface area contributed by atoms with Crippen LogP contribution in [0, 0.1) is 0 Å². The number of nitrogens with zero attached hydrogens (tertiary/aromatic N) is 2. The van der Waals surface area contributed by atoms with Gasteiger partial charge in [0.25, 0.3) is 0 Å². The summed E-state index contributed by atoms with van der Waals surface area (Å²) >= 11 is 0. The molecule has 114 valence electrons. The number of carbonyl (C=O) groups excluding carboxylic acids is 1. The number of guanidine groups is 1. The predicted octanol–water partition coefficient (Wildman–Crippen LogP) is -0.146. The van der Waals surface area contributed by atoms with Crippen LogP contribution in [0.2, 0.25) is 0 Å². The second-order valence-electron chi connectivity index (χ2n) is 4.75. The number of anilines is 1. The molecule has 1 saturated heterocycles. The van der Waals surface area contributed by atoms with Gasteiger partial charge in [0.1, 0.15) is 5.75 Å². The summed E-state index contributed by atoms with van der Waals surface area (Å²) < 4.78 is 5.09. The lowest BCUT2D eigenvalue weighted by Crippen LogP contribution is -2.48. The summed E-state index contributed by atoms with van der Waals surface area (Å²) in [5, 5.41) is 5.80. The second-order valence-corrected chi connectivity index (χ2v) is 4.75. The van der Waals surface area contributed by atoms with Gasteiger partial charge in [0.15, 0.2) is 5.96 Å². The van der Waals surface area contributed by atoms with Gasteiger partial charge >= 0.3 is 0 Å². The van der Waals surface area contributed by atoms with Crippen LogP contribution >= 0.6 is 0 Å². The van der Waals surface area contributed by atoms with Crippen LogP contribution in [0.15, 0.2) is 29.3 Å². The molecule has 7 nitrogen and oxygen atoms in total. The van der Waals surface area contributed by atoms with E-state index in [1.165, 1.54) is 0 Å². The van der Waals surface area contributed by atoms with Crippen LogP contribution in [0.25, 0.3) is 0 Å². The van der Waals surface area contributed by atoms with Crippen LogP contribution in [-0.4, -0.2) is 56.6 Å². The van der Waals surface area contributed by atoms with Crippen molar-refractivity contribution in [2.24, 2.45) is 10.7 Å². The minimum Gasteiger partial charge on any atom is -0.497 e. The molecule has 1 heterocycles. The number of hydrogen-bond donors (Lipinski definition) is 3. The number of ether oxygens (including phenoxy) is 1. The summed E-state index contributed by atoms with van der Waals surface area (Å²) in [4.78, 5) is 17.5. The van der Waals surface area contributed by atoms with Crippen LogP contribution in [0.1, 0.15) is 0 Å². The Morgan fingerprint density at radius 3 is 2.90 bits per heavy atom. The quantitative estimate of drug-likeness (QED) is 0.518. The maximum Gasteiger partial charge on any atom is 0.234 e. The lowest BCUT2D eigenvalue weighted by molar-refractivity contribution is -0.124. The minimum absolute atomic E-state index is 0.0644. The summed E-state index contributed by atoms with van der Waals surface area (Å²) in [6, 6.07) is 7.44. The van der Waals surface area contributed by atoms with Gasteiger partial charge in [-0.05, 0) is 24.3 Å². The van der Waals surface area contributed by atoms with E-state index in [9.17, 15) is 4.79 Å². The summed E-state index contributed by atoms with van der Waals surface area (Å²) in [7, 11) is 1.62. The summed E-state index contributed by atoms with van der Waals surface area (Å²) in [5.74, 6) is 1.22. The molecular formula is C14H21N5O2. The molecule has 7 heteroatoms. The van der Waals surface area contributed by atoms with Gasteiger partial charge in [-0.1, -0.05) is 0 Å². The Kier molecular flexibility index (Phi) is 5.39. The third-order valence-corrected chi connectivity index (χ3v) is 3.18. The molecule has 0 aliphatic carbocycles. The van der Waals surface area contributed by atoms with Gasteiger partial charge in [0, 0.05) is 25.3 Å². The van der Waals surface area contributed by atoms with Gasteiger partial charge in [-0.3, -0.25) is 14.7 Å². The lowest BCUT2D eigenvalue weighted by Gasteiger charge is -2.25. The molecule has 2 rings (SSSR count). The molecule has 1 aliphatic heterocycles. The highest BCUT2D eigenvalue weighted by Gasteiger charge is 2.14. The standard InChI is InChI=1S/C14H21N5O2/c1-21-12-4-2-11(3-5-12)18-14(15)17-7-9-19-8-6-16-13(20)10-19/h2-5H,6-10H2,1H3,(H,16,20)(H3,15,17,18). The highest BCUT2D eigenvalue weighted by Crippen LogP contribution is 2.14. The van der Waals surface area contributed by atoms with Crippen molar-refractivity contribution in [3.05, 3.63) is 24.3 Å². The SMILES string of the molecule is COc1ccc(NC(N)=NCCN2CCNC(=O)C2)cc1. The molecule has 0 radical (unpaired) electrons. The van der Waals surface area contributed by atoms with Crippen molar-refractivity contribution in [1.82, 2.24) is 10.2 Å². The maximum atomic E-state index is 11.2. The smallest absolute Gasteiger partial charge is 0.234 e. The number of amides is 1. The molecule has 1 aliphatic rings. The summed E-state index contributed by atoms with van der Waals surface area (Å²) in [5.41, 5.74) is 6.68. The van der Waals surface area contributed by atoms with E-state index < -0.39 is 0 Å². The fraction of sp³-hybridized carbons (Fsp3) is 0.429. The summed E-state index contributed by atoms with van der Waals surface area (Å²) in [6.07, 6.45) is 0. The highest BCUT2D eigenvalue weighted by molar-refractivity contribution is 5.92. The molecule has 0 atom stereocenters. The van der Waals surface area contributed by atoms with Crippen LogP contribution in [0.3, 0.4) is 0 Å². The number of piperazine rings is 1. The third kappa shape index (κ3) is 4.96. The van der Waals surface area contributed by atoms with E-state index in [0.717, 1.165) is 24.5 Å². The van der Waals surface area contributed by atoms with Crippen molar-refractivity contribution in [2.45, 2.75) is 0 Å². The number of carbonyl (C=O) groups is 1. The third-order valence-electron chi connectivity index (χ3n) is 3.18. The van der Waals surface area contributed by atoms with E-state index in [-0.39, 0.29) is 5.91 Å². The topological polar surface area (TPSA) is 92.0 Å². The number of nitrogens with one attached hydrogen (secondary N) is 2. The molecule has 21 heavy (non-hydrogen) atoms. The molecule has 1 fully saturated rings. The zero-order chi connectivity index (χ0) is 15.1. The lowest BCUT2D eigenvalue weighted by atomic mass is 10.3. The van der Waals surface area contributed by atoms with Crippen LogP contribution < -0.4 is 21.1 Å². The number of methoxy groups -OCH3 is 1. The first-order chi connectivity index (χ1) is 10.2. The van der Waals surface area contributed by atoms with Crippen molar-refractivity contribution in [2.75, 3.05) is 45.2 Å². The van der Waals surface area contributed by atoms with Crippen LogP contribution in [0.4, 0.5) is 5.69 Å². The zero-order valence-corrected chi connectivity index (χ0v) is 12.1. The Bertz CT molecular complexity index is 501. The normalized spacial score (nSPS) is 16.4. The highest BCUT2D eigenvalue weighted by atomic mass is 16.5. The monoisotopic (exact) mass is 291 g/mol. The Morgan fingerprint density at radius 1 is 1.48 bits per heavy atom. The first kappa shape index (κ1) is 15.1. The van der Waals surface area contributed by atoms with Gasteiger partial charge < -0.3 is 21.1 Å². The predicted molar refractivity (Wildman–Crippen MR) is 82.6 cm³/mol. The van der Waals surface area contributed by atoms with Crippen LogP contribution in [0.5, 0.6) is 5.75 Å². The molecule has 1 aromatic carbocycles. The molecule has 4 N–H and O–H groups in total. The maximum absolute atomic E-state index is 11.2. The Morgan fingerprint density at radius 2 is 2.24 bits per heavy atom. The van der Waals surface area contributed by atoms with Gasteiger partial charge in [0.2, 0.25) is 5.91 Å². The molecule has 0 bridgehead atoms. The molecular weight excluding hydrogens is 270 g/mol. The molecule has 0 unspecified atom stereocenters. The molecule has 1 amide bonds. The number of nitrogens with two attached hydrogens (primary N) is 1. The van der Waals surface area contributed by atoms with Crippen molar-refractivity contribution in [1.29, 1.82) is 0 Å². The van der Waals surface area contributed by atoms with E-state index in [2.05, 4.69) is 20.5 Å². The van der Waals surface area contributed by atoms with Gasteiger partial charge in [-0.25, -0.2) is 0 Å². The minimum atomic E-state index is 0.0644. The van der Waals surface area contributed by atoms with Gasteiger partial charge in [0.05, 0.1) is 20.2 Å². The van der Waals surface area contributed by atoms with Crippen molar-refractivity contribution in [3.63, 3.8) is 0 Å². The van der Waals surface area contributed by atoms with Crippen molar-refractivity contribution >= 4 is 17.6 Å². The fourth-order valence-electron chi connectivity index (χ4n) is 2.06. The molecule has 0 saturated carbocycles. The van der Waals surface area contributed by atoms with Crippen molar-refractivity contribution < 1.29 is 9.53 Å². The average Bonchev–Trinajstić information content (AvgIpc) is 2.48. The van der Waals surface area contributed by atoms with Crippen molar-refractivity contribution in [3.8, 4) is 5.75 Å². The molecule has 1 aromatic rings. The van der Waals surface area contributed by atoms with Crippen LogP contribution in [-0.2, 0) is 4.79 Å². The number of hydrogen-bond acceptors (Lipinski definition) is 4. The van der Waals surface area contributed by atoms with E-state index in [1.54, 1.807) is 7.11 Å². The van der Waals surface area contributed by atoms with E-state index in [0.29, 0.717) is 25.6 Å². The zero-order valence-electron chi connectivity index (χ0n) is 12.1. The Balaban J connectivity index is 1.76. The molecule has 0 aromatic heterocycles. The number of aliphatic imine (C=N–C) groups is 1. The van der Waals surface area contributed by atoms with E-state index in [1.807, 2.05) is 24.3 Å². The first-order valence-corrected chi connectivity index (χ1v) is 6.87. The van der Waals surface area contributed by atoms with Gasteiger partial charge in [-0.15, -0.1) is 0 Å². The number of benzene rings is 1. The fourth-order valence-corrected chi connectivity index (χ4v) is 2.06. The Hall–Kier alpha value is -2.28. The second kappa shape index (κ2) is 7.49. The summed E-state index contributed by atoms with van der Waals surface area (Å²) in [6.45, 7) is 3.26. The van der Waals surface area contributed by atoms with Gasteiger partial charge in [-0.2, -0.15) is 0 Å². The number of rotatable bonds is 5. The largest absolute Gasteiger partial charge is 0.497 e. The Labute approximate surface area is 124 Å².